The van der Waals surface area contributed by atoms with E-state index < -0.39 is 21.2 Å². The Kier molecular flexibility index (Phi) is 17.2. The summed E-state index contributed by atoms with van der Waals surface area (Å²) in [5.41, 5.74) is 5.21. The van der Waals surface area contributed by atoms with Crippen molar-refractivity contribution in [3.8, 4) is 0 Å². The van der Waals surface area contributed by atoms with Gasteiger partial charge in [0.05, 0.1) is 0 Å². The Bertz CT molecular complexity index is 366. The fourth-order valence-corrected chi connectivity index (χ4v) is 2.88. The molecule has 0 fully saturated rings. The molecule has 0 bridgehead atoms. The molecular formula is C14H30KNO4S. The minimum atomic E-state index is -4.35. The molecule has 0 aromatic rings. The molecule has 0 rings (SSSR count). The van der Waals surface area contributed by atoms with Gasteiger partial charge in [-0.15, -0.1) is 0 Å². The van der Waals surface area contributed by atoms with Crippen LogP contribution in [0.1, 0.15) is 72.6 Å². The van der Waals surface area contributed by atoms with E-state index in [1.807, 2.05) is 0 Å². The number of unbranched alkanes of at least 4 members (excludes halogenated alkanes) is 8. The smallest absolute Gasteiger partial charge is 1.00 e. The minimum absolute atomic E-state index is 0. The van der Waals surface area contributed by atoms with E-state index in [1.165, 1.54) is 32.1 Å². The summed E-state index contributed by atoms with van der Waals surface area (Å²) in [5, 5.41) is -1.45. The van der Waals surface area contributed by atoms with Crippen LogP contribution in [0.2, 0.25) is 0 Å². The van der Waals surface area contributed by atoms with Crippen molar-refractivity contribution in [1.82, 2.24) is 0 Å². The average molecular weight is 348 g/mol. The van der Waals surface area contributed by atoms with Crippen molar-refractivity contribution in [3.63, 3.8) is 0 Å². The van der Waals surface area contributed by atoms with Gasteiger partial charge in [-0.25, -0.2) is 0 Å². The summed E-state index contributed by atoms with van der Waals surface area (Å²) in [6.45, 7) is 1.84. The largest absolute Gasteiger partial charge is 1.00 e. The third-order valence-electron chi connectivity index (χ3n) is 3.46. The van der Waals surface area contributed by atoms with Crippen LogP contribution in [0, 0.1) is 0 Å². The molecule has 0 saturated heterocycles. The average Bonchev–Trinajstić information content (AvgIpc) is 2.36. The molecule has 0 aliphatic carbocycles. The first-order valence-electron chi connectivity index (χ1n) is 7.62. The van der Waals surface area contributed by atoms with Gasteiger partial charge in [-0.3, -0.25) is 9.35 Å². The molecule has 7 heteroatoms. The van der Waals surface area contributed by atoms with Crippen LogP contribution in [-0.2, 0) is 14.9 Å². The van der Waals surface area contributed by atoms with Crippen LogP contribution in [0.3, 0.4) is 0 Å². The van der Waals surface area contributed by atoms with Gasteiger partial charge in [0.25, 0.3) is 10.1 Å². The normalized spacial score (nSPS) is 12.7. The standard InChI is InChI=1S/C14H29NO4S.K.H/c1-2-3-4-5-6-7-8-9-10-11-13(16)14(12-15)20(17,18)19;;/h14H,2-12,15H2,1H3,(H,17,18,19);;/q;+1;-1. The maximum atomic E-state index is 11.6. The van der Waals surface area contributed by atoms with E-state index in [9.17, 15) is 13.2 Å². The fraction of sp³-hybridized carbons (Fsp3) is 0.929. The summed E-state index contributed by atoms with van der Waals surface area (Å²) in [6.07, 6.45) is 10.3. The summed E-state index contributed by atoms with van der Waals surface area (Å²) >= 11 is 0. The predicted octanol–water partition coefficient (Wildman–Crippen LogP) is -0.192. The number of hydrogen-bond donors (Lipinski definition) is 2. The van der Waals surface area contributed by atoms with E-state index in [-0.39, 0.29) is 65.8 Å². The van der Waals surface area contributed by atoms with Crippen molar-refractivity contribution in [2.45, 2.75) is 76.4 Å². The molecule has 5 nitrogen and oxygen atoms in total. The molecule has 0 radical (unpaired) electrons. The zero-order valence-corrected chi connectivity index (χ0v) is 17.5. The van der Waals surface area contributed by atoms with Crippen molar-refractivity contribution in [2.24, 2.45) is 5.73 Å². The molecule has 0 aromatic heterocycles. The van der Waals surface area contributed by atoms with Crippen LogP contribution in [0.4, 0.5) is 0 Å². The summed E-state index contributed by atoms with van der Waals surface area (Å²) in [5.74, 6) is -0.474. The molecule has 1 atom stereocenters. The molecule has 0 saturated carbocycles. The summed E-state index contributed by atoms with van der Waals surface area (Å²) in [7, 11) is -4.35. The van der Waals surface area contributed by atoms with Gasteiger partial charge in [0.2, 0.25) is 0 Å². The van der Waals surface area contributed by atoms with Crippen LogP contribution in [0.5, 0.6) is 0 Å². The number of Topliss-reactive ketones (excluding diaryl/α,β-unsaturated/α-hetero) is 1. The van der Waals surface area contributed by atoms with Gasteiger partial charge in [-0.1, -0.05) is 58.3 Å². The van der Waals surface area contributed by atoms with Crippen molar-refractivity contribution >= 4 is 15.9 Å². The molecule has 0 amide bonds. The molecule has 1 unspecified atom stereocenters. The number of carbonyl (C=O) groups excluding carboxylic acids is 1. The van der Waals surface area contributed by atoms with E-state index >= 15 is 0 Å². The molecule has 21 heavy (non-hydrogen) atoms. The fourth-order valence-electron chi connectivity index (χ4n) is 2.19. The Morgan fingerprint density at radius 1 is 1.05 bits per heavy atom. The first kappa shape index (κ1) is 24.4. The Labute approximate surface area is 173 Å². The topological polar surface area (TPSA) is 97.5 Å². The zero-order valence-electron chi connectivity index (χ0n) is 14.5. The molecule has 0 heterocycles. The summed E-state index contributed by atoms with van der Waals surface area (Å²) < 4.78 is 30.7. The SMILES string of the molecule is CCCCCCCCCCCC(=O)C(CN)S(=O)(=O)O.[H-].[K+]. The molecule has 3 N–H and O–H groups in total. The van der Waals surface area contributed by atoms with Gasteiger partial charge >= 0.3 is 51.4 Å². The maximum Gasteiger partial charge on any atom is 1.00 e. The van der Waals surface area contributed by atoms with E-state index in [2.05, 4.69) is 6.92 Å². The van der Waals surface area contributed by atoms with Crippen LogP contribution in [0.25, 0.3) is 0 Å². The van der Waals surface area contributed by atoms with Gasteiger partial charge in [0, 0.05) is 13.0 Å². The molecule has 0 aliphatic heterocycles. The summed E-state index contributed by atoms with van der Waals surface area (Å²) in [6, 6.07) is 0. The van der Waals surface area contributed by atoms with Gasteiger partial charge in [-0.05, 0) is 6.42 Å². The monoisotopic (exact) mass is 347 g/mol. The molecule has 122 valence electrons. The van der Waals surface area contributed by atoms with Crippen LogP contribution in [0.15, 0.2) is 0 Å². The van der Waals surface area contributed by atoms with Gasteiger partial charge < -0.3 is 7.16 Å². The van der Waals surface area contributed by atoms with Crippen molar-refractivity contribution < 1.29 is 70.6 Å². The van der Waals surface area contributed by atoms with Crippen LogP contribution < -0.4 is 57.1 Å². The molecule has 0 aliphatic rings. The first-order chi connectivity index (χ1) is 9.43. The quantitative estimate of drug-likeness (QED) is 0.273. The number of rotatable bonds is 13. The van der Waals surface area contributed by atoms with Gasteiger partial charge in [0.1, 0.15) is 0 Å². The van der Waals surface area contributed by atoms with E-state index in [4.69, 9.17) is 10.3 Å². The van der Waals surface area contributed by atoms with Crippen LogP contribution in [-0.4, -0.2) is 30.5 Å². The number of carbonyl (C=O) groups is 1. The Balaban J connectivity index is -0.00000180. The zero-order chi connectivity index (χ0) is 15.4. The third-order valence-corrected chi connectivity index (χ3v) is 4.63. The van der Waals surface area contributed by atoms with Crippen molar-refractivity contribution in [2.75, 3.05) is 6.54 Å². The van der Waals surface area contributed by atoms with Gasteiger partial charge in [0.15, 0.2) is 11.0 Å². The third kappa shape index (κ3) is 13.3. The van der Waals surface area contributed by atoms with Crippen molar-refractivity contribution in [3.05, 3.63) is 0 Å². The number of hydrogen-bond acceptors (Lipinski definition) is 4. The first-order valence-corrected chi connectivity index (χ1v) is 9.12. The van der Waals surface area contributed by atoms with E-state index in [0.29, 0.717) is 6.42 Å². The Morgan fingerprint density at radius 3 is 1.86 bits per heavy atom. The Morgan fingerprint density at radius 2 is 1.48 bits per heavy atom. The number of ketones is 1. The molecule has 0 aromatic carbocycles. The van der Waals surface area contributed by atoms with Crippen molar-refractivity contribution in [1.29, 1.82) is 0 Å². The van der Waals surface area contributed by atoms with Gasteiger partial charge in [-0.2, -0.15) is 8.42 Å². The van der Waals surface area contributed by atoms with E-state index in [0.717, 1.165) is 19.3 Å². The molecular weight excluding hydrogens is 317 g/mol. The summed E-state index contributed by atoms with van der Waals surface area (Å²) in [4.78, 5) is 11.6. The predicted molar refractivity (Wildman–Crippen MR) is 82.4 cm³/mol. The maximum absolute atomic E-state index is 11.6. The second-order valence-electron chi connectivity index (χ2n) is 5.28. The van der Waals surface area contributed by atoms with Crippen LogP contribution >= 0.6 is 0 Å². The Hall–Kier alpha value is 1.18. The second-order valence-corrected chi connectivity index (χ2v) is 6.88. The molecule has 0 spiro atoms. The number of nitrogens with two attached hydrogens (primary N) is 1. The minimum Gasteiger partial charge on any atom is -1.00 e. The van der Waals surface area contributed by atoms with E-state index in [1.54, 1.807) is 0 Å². The second kappa shape index (κ2) is 14.7.